The van der Waals surface area contributed by atoms with Crippen molar-refractivity contribution in [3.8, 4) is 0 Å². The fraction of sp³-hybridized carbons (Fsp3) is 0.769. The van der Waals surface area contributed by atoms with E-state index in [1.807, 2.05) is 20.9 Å². The number of rotatable bonds is 6. The van der Waals surface area contributed by atoms with Crippen LogP contribution in [0, 0.1) is 0 Å². The second kappa shape index (κ2) is 6.86. The summed E-state index contributed by atoms with van der Waals surface area (Å²) in [6.45, 7) is 4.45. The number of aromatic nitrogens is 3. The van der Waals surface area contributed by atoms with Gasteiger partial charge in [-0.15, -0.1) is 10.2 Å². The summed E-state index contributed by atoms with van der Waals surface area (Å²) >= 11 is 0. The zero-order valence-corrected chi connectivity index (χ0v) is 12.9. The van der Waals surface area contributed by atoms with Gasteiger partial charge in [0.25, 0.3) is 0 Å². The second-order valence-corrected chi connectivity index (χ2v) is 5.18. The number of nitrogens with zero attached hydrogens (tertiary/aromatic N) is 3. The number of methoxy groups -OCH3 is 1. The first-order valence-corrected chi connectivity index (χ1v) is 7.12. The summed E-state index contributed by atoms with van der Waals surface area (Å²) in [5.41, 5.74) is 0. The second-order valence-electron chi connectivity index (χ2n) is 5.18. The normalized spacial score (nSPS) is 26.0. The van der Waals surface area contributed by atoms with E-state index in [0.29, 0.717) is 12.4 Å². The van der Waals surface area contributed by atoms with Crippen molar-refractivity contribution in [1.82, 2.24) is 25.4 Å². The fourth-order valence-corrected chi connectivity index (χ4v) is 2.57. The smallest absolute Gasteiger partial charge is 0.315 e. The van der Waals surface area contributed by atoms with Crippen LogP contribution in [-0.2, 0) is 16.5 Å². The quantitative estimate of drug-likeness (QED) is 0.791. The molecule has 1 fully saturated rings. The van der Waals surface area contributed by atoms with Gasteiger partial charge in [-0.1, -0.05) is 0 Å². The number of carbonyl (C=O) groups excluding carboxylic acids is 1. The van der Waals surface area contributed by atoms with Gasteiger partial charge in [0.05, 0.1) is 18.2 Å². The molecule has 0 aromatic carbocycles. The van der Waals surface area contributed by atoms with Gasteiger partial charge in [-0.2, -0.15) is 0 Å². The van der Waals surface area contributed by atoms with Gasteiger partial charge in [-0.3, -0.25) is 0 Å². The molecule has 1 aliphatic carbocycles. The highest BCUT2D eigenvalue weighted by Crippen LogP contribution is 2.26. The lowest BCUT2D eigenvalue weighted by Gasteiger charge is -2.43. The SMILES string of the molecule is CCO[C@@H]1C[C@H](NC(=O)N[C@@H](C)c2nncn2C)[C@@H]1OC. The number of hydrogen-bond donors (Lipinski definition) is 2. The van der Waals surface area contributed by atoms with E-state index < -0.39 is 0 Å². The minimum Gasteiger partial charge on any atom is -0.377 e. The standard InChI is InChI=1S/C13H23N5O3/c1-5-21-10-6-9(11(10)20-4)16-13(19)15-8(2)12-17-14-7-18(12)3/h7-11H,5-6H2,1-4H3,(H2,15,16,19)/t8-,9-,10+,11-/m0/s1. The van der Waals surface area contributed by atoms with E-state index in [2.05, 4.69) is 20.8 Å². The topological polar surface area (TPSA) is 90.3 Å². The van der Waals surface area contributed by atoms with Crippen LogP contribution >= 0.6 is 0 Å². The maximum atomic E-state index is 12.0. The van der Waals surface area contributed by atoms with E-state index in [1.54, 1.807) is 18.0 Å². The van der Waals surface area contributed by atoms with Gasteiger partial charge in [-0.25, -0.2) is 4.79 Å². The highest BCUT2D eigenvalue weighted by Gasteiger charge is 2.43. The Kier molecular flexibility index (Phi) is 5.13. The molecule has 1 heterocycles. The Morgan fingerprint density at radius 1 is 1.62 bits per heavy atom. The summed E-state index contributed by atoms with van der Waals surface area (Å²) < 4.78 is 12.7. The molecule has 8 nitrogen and oxygen atoms in total. The van der Waals surface area contributed by atoms with Crippen LogP contribution in [0.4, 0.5) is 4.79 Å². The number of urea groups is 1. The monoisotopic (exact) mass is 297 g/mol. The predicted molar refractivity (Wildman–Crippen MR) is 75.7 cm³/mol. The van der Waals surface area contributed by atoms with Crippen LogP contribution in [0.25, 0.3) is 0 Å². The summed E-state index contributed by atoms with van der Waals surface area (Å²) in [6.07, 6.45) is 2.32. The first kappa shape index (κ1) is 15.7. The Morgan fingerprint density at radius 3 is 2.95 bits per heavy atom. The molecule has 21 heavy (non-hydrogen) atoms. The molecule has 1 aromatic heterocycles. The van der Waals surface area contributed by atoms with Gasteiger partial charge in [0.15, 0.2) is 5.82 Å². The molecule has 2 N–H and O–H groups in total. The van der Waals surface area contributed by atoms with Crippen molar-refractivity contribution >= 4 is 6.03 Å². The molecular formula is C13H23N5O3. The molecule has 1 saturated carbocycles. The average molecular weight is 297 g/mol. The molecule has 8 heteroatoms. The zero-order valence-electron chi connectivity index (χ0n) is 12.9. The summed E-state index contributed by atoms with van der Waals surface area (Å²) in [6, 6.07) is -0.494. The number of ether oxygens (including phenoxy) is 2. The van der Waals surface area contributed by atoms with Crippen LogP contribution in [0.15, 0.2) is 6.33 Å². The third-order valence-corrected chi connectivity index (χ3v) is 3.70. The maximum Gasteiger partial charge on any atom is 0.315 e. The van der Waals surface area contributed by atoms with Gasteiger partial charge in [-0.05, 0) is 20.3 Å². The third kappa shape index (κ3) is 3.51. The highest BCUT2D eigenvalue weighted by atomic mass is 16.5. The van der Waals surface area contributed by atoms with Crippen molar-refractivity contribution in [3.05, 3.63) is 12.2 Å². The van der Waals surface area contributed by atoms with E-state index in [-0.39, 0.29) is 30.3 Å². The zero-order chi connectivity index (χ0) is 15.4. The number of nitrogens with one attached hydrogen (secondary N) is 2. The van der Waals surface area contributed by atoms with Crippen LogP contribution in [0.2, 0.25) is 0 Å². The van der Waals surface area contributed by atoms with E-state index in [4.69, 9.17) is 9.47 Å². The fourth-order valence-electron chi connectivity index (χ4n) is 2.57. The molecule has 1 aliphatic rings. The molecular weight excluding hydrogens is 274 g/mol. The molecule has 0 saturated heterocycles. The van der Waals surface area contributed by atoms with Crippen LogP contribution in [0.3, 0.4) is 0 Å². The largest absolute Gasteiger partial charge is 0.377 e. The molecule has 0 aliphatic heterocycles. The number of hydrogen-bond acceptors (Lipinski definition) is 5. The molecule has 0 unspecified atom stereocenters. The third-order valence-electron chi connectivity index (χ3n) is 3.70. The summed E-state index contributed by atoms with van der Waals surface area (Å²) in [7, 11) is 3.47. The summed E-state index contributed by atoms with van der Waals surface area (Å²) in [5.74, 6) is 0.703. The summed E-state index contributed by atoms with van der Waals surface area (Å²) in [4.78, 5) is 12.0. The van der Waals surface area contributed by atoms with Gasteiger partial charge in [0, 0.05) is 20.8 Å². The van der Waals surface area contributed by atoms with Crippen molar-refractivity contribution in [1.29, 1.82) is 0 Å². The minimum absolute atomic E-state index is 0.0294. The Bertz CT molecular complexity index is 478. The first-order valence-electron chi connectivity index (χ1n) is 7.12. The van der Waals surface area contributed by atoms with Gasteiger partial charge < -0.3 is 24.7 Å². The number of amides is 2. The van der Waals surface area contributed by atoms with Crippen molar-refractivity contribution in [2.24, 2.45) is 7.05 Å². The number of aryl methyl sites for hydroxylation is 1. The first-order chi connectivity index (χ1) is 10.1. The lowest BCUT2D eigenvalue weighted by atomic mass is 9.85. The van der Waals surface area contributed by atoms with Gasteiger partial charge in [0.2, 0.25) is 0 Å². The van der Waals surface area contributed by atoms with Crippen LogP contribution in [0.5, 0.6) is 0 Å². The van der Waals surface area contributed by atoms with Crippen LogP contribution in [-0.4, -0.2) is 52.8 Å². The van der Waals surface area contributed by atoms with Crippen LogP contribution < -0.4 is 10.6 Å². The van der Waals surface area contributed by atoms with Crippen molar-refractivity contribution < 1.29 is 14.3 Å². The molecule has 0 radical (unpaired) electrons. The number of carbonyl (C=O) groups is 1. The van der Waals surface area contributed by atoms with Crippen LogP contribution in [0.1, 0.15) is 32.1 Å². The average Bonchev–Trinajstić information content (AvgIpc) is 2.84. The molecule has 118 valence electrons. The van der Waals surface area contributed by atoms with E-state index in [0.717, 1.165) is 6.42 Å². The van der Waals surface area contributed by atoms with Crippen molar-refractivity contribution in [2.75, 3.05) is 13.7 Å². The van der Waals surface area contributed by atoms with E-state index in [9.17, 15) is 4.79 Å². The van der Waals surface area contributed by atoms with E-state index in [1.165, 1.54) is 0 Å². The minimum atomic E-state index is -0.243. The molecule has 0 spiro atoms. The lowest BCUT2D eigenvalue weighted by molar-refractivity contribution is -0.128. The molecule has 1 aromatic rings. The highest BCUT2D eigenvalue weighted by molar-refractivity contribution is 5.74. The van der Waals surface area contributed by atoms with Gasteiger partial charge >= 0.3 is 6.03 Å². The Morgan fingerprint density at radius 2 is 2.38 bits per heavy atom. The molecule has 4 atom stereocenters. The van der Waals surface area contributed by atoms with Crippen molar-refractivity contribution in [2.45, 2.75) is 44.6 Å². The van der Waals surface area contributed by atoms with E-state index >= 15 is 0 Å². The molecule has 2 amide bonds. The lowest BCUT2D eigenvalue weighted by Crippen LogP contribution is -2.62. The molecule has 0 bridgehead atoms. The maximum absolute atomic E-state index is 12.0. The Labute approximate surface area is 124 Å². The van der Waals surface area contributed by atoms with Crippen molar-refractivity contribution in [3.63, 3.8) is 0 Å². The Hall–Kier alpha value is -1.67. The Balaban J connectivity index is 1.81. The summed E-state index contributed by atoms with van der Waals surface area (Å²) in [5, 5.41) is 13.5. The predicted octanol–water partition coefficient (Wildman–Crippen LogP) is 0.368. The molecule has 2 rings (SSSR count). The van der Waals surface area contributed by atoms with Gasteiger partial charge in [0.1, 0.15) is 12.4 Å².